The fourth-order valence-electron chi connectivity index (χ4n) is 3.81. The number of hydrogen-bond donors (Lipinski definition) is 1. The maximum atomic E-state index is 12.0. The first-order chi connectivity index (χ1) is 16.6. The lowest BCUT2D eigenvalue weighted by molar-refractivity contribution is -0.121. The summed E-state index contributed by atoms with van der Waals surface area (Å²) in [4.78, 5) is 25.1. The topological polar surface area (TPSA) is 90.6 Å². The Labute approximate surface area is 196 Å². The van der Waals surface area contributed by atoms with Gasteiger partial charge in [-0.05, 0) is 54.4 Å². The van der Waals surface area contributed by atoms with Crippen LogP contribution in [0.2, 0.25) is 0 Å². The minimum Gasteiger partial charge on any atom is -0.457 e. The molecule has 5 rings (SSSR count). The van der Waals surface area contributed by atoms with Crippen LogP contribution in [0.3, 0.4) is 0 Å². The number of carbonyl (C=O) groups excluding carboxylic acids is 1. The molecule has 0 aliphatic carbocycles. The second-order valence-electron chi connectivity index (χ2n) is 7.98. The van der Waals surface area contributed by atoms with E-state index < -0.39 is 0 Å². The van der Waals surface area contributed by atoms with Crippen LogP contribution in [0.5, 0.6) is 11.5 Å². The highest BCUT2D eigenvalue weighted by molar-refractivity contribution is 5.92. The molecule has 0 aliphatic rings. The minimum absolute atomic E-state index is 0.0197. The van der Waals surface area contributed by atoms with Gasteiger partial charge in [0.05, 0.1) is 5.52 Å². The number of methoxy groups -OCH3 is 1. The van der Waals surface area contributed by atoms with E-state index in [1.54, 1.807) is 6.20 Å². The van der Waals surface area contributed by atoms with Gasteiger partial charge in [-0.1, -0.05) is 6.07 Å². The van der Waals surface area contributed by atoms with Gasteiger partial charge in [-0.15, -0.1) is 0 Å². The molecule has 0 saturated heterocycles. The average molecular weight is 454 g/mol. The number of carbonyl (C=O) groups is 1. The summed E-state index contributed by atoms with van der Waals surface area (Å²) in [5, 5.41) is 4.22. The Morgan fingerprint density at radius 3 is 2.79 bits per heavy atom. The molecule has 8 heteroatoms. The van der Waals surface area contributed by atoms with Crippen LogP contribution in [0, 0.1) is 6.92 Å². The molecule has 2 aromatic carbocycles. The molecule has 5 aromatic rings. The van der Waals surface area contributed by atoms with Gasteiger partial charge in [0.2, 0.25) is 0 Å². The van der Waals surface area contributed by atoms with Crippen LogP contribution >= 0.6 is 0 Å². The van der Waals surface area contributed by atoms with Gasteiger partial charge in [0.1, 0.15) is 35.9 Å². The zero-order valence-corrected chi connectivity index (χ0v) is 18.9. The molecule has 8 nitrogen and oxygen atoms in total. The molecule has 0 bridgehead atoms. The third kappa shape index (κ3) is 4.57. The molecule has 0 atom stereocenters. The van der Waals surface area contributed by atoms with E-state index in [-0.39, 0.29) is 12.4 Å². The highest BCUT2D eigenvalue weighted by atomic mass is 16.5. The van der Waals surface area contributed by atoms with Crippen molar-refractivity contribution >= 4 is 33.8 Å². The minimum atomic E-state index is 0.0197. The Balaban J connectivity index is 1.37. The smallest absolute Gasteiger partial charge is 0.162 e. The fourth-order valence-corrected chi connectivity index (χ4v) is 3.81. The van der Waals surface area contributed by atoms with Crippen LogP contribution in [0.4, 0.5) is 11.5 Å². The van der Waals surface area contributed by atoms with Crippen molar-refractivity contribution in [3.05, 3.63) is 84.6 Å². The van der Waals surface area contributed by atoms with Gasteiger partial charge in [-0.25, -0.2) is 15.0 Å². The van der Waals surface area contributed by atoms with E-state index in [0.29, 0.717) is 12.2 Å². The Kier molecular flexibility index (Phi) is 5.88. The molecule has 0 spiro atoms. The number of aryl methyl sites for hydroxylation is 1. The van der Waals surface area contributed by atoms with Gasteiger partial charge in [0, 0.05) is 49.3 Å². The first kappa shape index (κ1) is 21.5. The van der Waals surface area contributed by atoms with Gasteiger partial charge in [-0.3, -0.25) is 4.79 Å². The van der Waals surface area contributed by atoms with Crippen molar-refractivity contribution < 1.29 is 14.3 Å². The van der Waals surface area contributed by atoms with Crippen molar-refractivity contribution in [1.82, 2.24) is 19.4 Å². The first-order valence-electron chi connectivity index (χ1n) is 10.8. The van der Waals surface area contributed by atoms with E-state index in [0.717, 1.165) is 44.9 Å². The third-order valence-electron chi connectivity index (χ3n) is 5.44. The van der Waals surface area contributed by atoms with Gasteiger partial charge in [0.25, 0.3) is 0 Å². The van der Waals surface area contributed by atoms with E-state index >= 15 is 0 Å². The largest absolute Gasteiger partial charge is 0.457 e. The predicted molar refractivity (Wildman–Crippen MR) is 130 cm³/mol. The van der Waals surface area contributed by atoms with E-state index in [2.05, 4.69) is 20.3 Å². The normalized spacial score (nSPS) is 11.1. The summed E-state index contributed by atoms with van der Waals surface area (Å²) in [5.41, 5.74) is 4.35. The number of Topliss-reactive ketones (excluding diaryl/α,β-unsaturated/α-hetero) is 1. The van der Waals surface area contributed by atoms with Gasteiger partial charge < -0.3 is 19.2 Å². The molecule has 0 aliphatic heterocycles. The van der Waals surface area contributed by atoms with Crippen molar-refractivity contribution in [1.29, 1.82) is 0 Å². The molecule has 170 valence electrons. The highest BCUT2D eigenvalue weighted by Crippen LogP contribution is 2.30. The summed E-state index contributed by atoms with van der Waals surface area (Å²) in [6.45, 7) is 2.09. The molecule has 3 aromatic heterocycles. The number of fused-ring (bicyclic) bond motifs is 2. The quantitative estimate of drug-likeness (QED) is 0.358. The summed E-state index contributed by atoms with van der Waals surface area (Å²) in [6.07, 6.45) is 7.38. The van der Waals surface area contributed by atoms with Crippen LogP contribution in [0.1, 0.15) is 11.1 Å². The second-order valence-corrected chi connectivity index (χ2v) is 7.98. The molecule has 0 amide bonds. The van der Waals surface area contributed by atoms with Crippen LogP contribution in [0.15, 0.2) is 73.4 Å². The highest BCUT2D eigenvalue weighted by Gasteiger charge is 2.10. The second kappa shape index (κ2) is 9.29. The molecule has 1 N–H and O–H groups in total. The van der Waals surface area contributed by atoms with Crippen molar-refractivity contribution in [3.63, 3.8) is 0 Å². The summed E-state index contributed by atoms with van der Waals surface area (Å²) in [7, 11) is 1.52. The monoisotopic (exact) mass is 453 g/mol. The molecule has 0 unspecified atom stereocenters. The molecular weight excluding hydrogens is 430 g/mol. The Morgan fingerprint density at radius 1 is 1.03 bits per heavy atom. The summed E-state index contributed by atoms with van der Waals surface area (Å²) in [5.74, 6) is 2.17. The SMILES string of the molecule is COCC(=O)Cc1ccc2ncnc(Nc3ccc(Oc4ccn5ccnc5c4)c(C)c3)c2c1. The van der Waals surface area contributed by atoms with Crippen LogP contribution in [-0.4, -0.2) is 38.9 Å². The van der Waals surface area contributed by atoms with E-state index in [9.17, 15) is 4.79 Å². The van der Waals surface area contributed by atoms with Crippen LogP contribution < -0.4 is 10.1 Å². The zero-order valence-electron chi connectivity index (χ0n) is 18.9. The van der Waals surface area contributed by atoms with Gasteiger partial charge in [-0.2, -0.15) is 0 Å². The maximum absolute atomic E-state index is 12.0. The van der Waals surface area contributed by atoms with Crippen molar-refractivity contribution in [2.45, 2.75) is 13.3 Å². The molecule has 0 radical (unpaired) electrons. The van der Waals surface area contributed by atoms with E-state index in [1.165, 1.54) is 13.4 Å². The number of pyridine rings is 1. The lowest BCUT2D eigenvalue weighted by Crippen LogP contribution is -2.09. The van der Waals surface area contributed by atoms with E-state index in [4.69, 9.17) is 9.47 Å². The van der Waals surface area contributed by atoms with Gasteiger partial charge in [0.15, 0.2) is 5.78 Å². The summed E-state index contributed by atoms with van der Waals surface area (Å²) < 4.78 is 13.0. The van der Waals surface area contributed by atoms with Crippen LogP contribution in [-0.2, 0) is 16.0 Å². The first-order valence-corrected chi connectivity index (χ1v) is 10.8. The van der Waals surface area contributed by atoms with Crippen LogP contribution in [0.25, 0.3) is 16.6 Å². The maximum Gasteiger partial charge on any atom is 0.162 e. The summed E-state index contributed by atoms with van der Waals surface area (Å²) >= 11 is 0. The van der Waals surface area contributed by atoms with Crippen molar-refractivity contribution in [3.8, 4) is 11.5 Å². The zero-order chi connectivity index (χ0) is 23.5. The number of hydrogen-bond acceptors (Lipinski definition) is 7. The Hall–Kier alpha value is -4.30. The summed E-state index contributed by atoms with van der Waals surface area (Å²) in [6, 6.07) is 15.4. The number of ketones is 1. The molecule has 34 heavy (non-hydrogen) atoms. The van der Waals surface area contributed by atoms with Crippen molar-refractivity contribution in [2.75, 3.05) is 19.0 Å². The number of anilines is 2. The number of nitrogens with one attached hydrogen (secondary N) is 1. The Morgan fingerprint density at radius 2 is 1.94 bits per heavy atom. The molecule has 0 fully saturated rings. The molecular formula is C26H23N5O3. The average Bonchev–Trinajstić information content (AvgIpc) is 3.29. The lowest BCUT2D eigenvalue weighted by atomic mass is 10.1. The predicted octanol–water partition coefficient (Wildman–Crippen LogP) is 4.88. The standard InChI is InChI=1S/C26H23N5O3/c1-17-11-19(4-6-24(17)34-21-7-9-31-10-8-27-25(31)14-21)30-26-22-13-18(12-20(32)15-33-2)3-5-23(22)28-16-29-26/h3-11,13-14,16H,12,15H2,1-2H3,(H,28,29,30). The fraction of sp³-hybridized carbons (Fsp3) is 0.154. The number of imidazole rings is 1. The number of ether oxygens (including phenoxy) is 2. The van der Waals surface area contributed by atoms with Gasteiger partial charge >= 0.3 is 0 Å². The lowest BCUT2D eigenvalue weighted by Gasteiger charge is -2.13. The molecule has 3 heterocycles. The van der Waals surface area contributed by atoms with Crippen molar-refractivity contribution in [2.24, 2.45) is 0 Å². The number of aromatic nitrogens is 4. The number of rotatable bonds is 8. The molecule has 0 saturated carbocycles. The van der Waals surface area contributed by atoms with E-state index in [1.807, 2.05) is 72.2 Å². The Bertz CT molecular complexity index is 1490. The third-order valence-corrected chi connectivity index (χ3v) is 5.44. The number of benzene rings is 2. The number of nitrogens with zero attached hydrogens (tertiary/aromatic N) is 4.